The first kappa shape index (κ1) is 14.2. The number of methoxy groups -OCH3 is 1. The second-order valence-corrected chi connectivity index (χ2v) is 3.66. The first-order chi connectivity index (χ1) is 8.51. The van der Waals surface area contributed by atoms with Crippen molar-refractivity contribution in [3.05, 3.63) is 32.8 Å². The van der Waals surface area contributed by atoms with Crippen LogP contribution >= 0.6 is 11.6 Å². The van der Waals surface area contributed by atoms with Gasteiger partial charge in [0.25, 0.3) is 5.69 Å². The third-order valence-electron chi connectivity index (χ3n) is 2.11. The first-order valence-corrected chi connectivity index (χ1v) is 5.30. The van der Waals surface area contributed by atoms with E-state index >= 15 is 0 Å². The third kappa shape index (κ3) is 3.08. The van der Waals surface area contributed by atoms with E-state index in [0.29, 0.717) is 0 Å². The summed E-state index contributed by atoms with van der Waals surface area (Å²) in [6.45, 7) is -0.0533. The van der Waals surface area contributed by atoms with Crippen LogP contribution in [0.5, 0.6) is 0 Å². The Morgan fingerprint density at radius 1 is 1.61 bits per heavy atom. The van der Waals surface area contributed by atoms with E-state index in [2.05, 4.69) is 10.1 Å². The van der Waals surface area contributed by atoms with Crippen molar-refractivity contribution in [2.24, 2.45) is 0 Å². The lowest BCUT2D eigenvalue weighted by Crippen LogP contribution is -2.09. The number of aliphatic hydroxyl groups is 1. The molecule has 0 aromatic heterocycles. The average Bonchev–Trinajstić information content (AvgIpc) is 2.34. The van der Waals surface area contributed by atoms with Crippen LogP contribution in [0.2, 0.25) is 5.02 Å². The summed E-state index contributed by atoms with van der Waals surface area (Å²) in [4.78, 5) is 21.6. The Bertz CT molecular complexity index is 478. The Morgan fingerprint density at radius 2 is 2.28 bits per heavy atom. The molecule has 0 bridgehead atoms. The fraction of sp³-hybridized carbons (Fsp3) is 0.300. The van der Waals surface area contributed by atoms with E-state index in [1.54, 1.807) is 0 Å². The highest BCUT2D eigenvalue weighted by Gasteiger charge is 2.21. The summed E-state index contributed by atoms with van der Waals surface area (Å²) in [5, 5.41) is 22.2. The number of nitrogens with one attached hydrogen (secondary N) is 1. The fourth-order valence-corrected chi connectivity index (χ4v) is 1.55. The van der Waals surface area contributed by atoms with Crippen LogP contribution in [0.1, 0.15) is 10.4 Å². The standard InChI is InChI=1S/C10H11ClN2O5/c1-18-10(15)6-4-9(13(16)17)8(5-7(6)11)12-2-3-14/h4-5,12,14H,2-3H2,1H3. The van der Waals surface area contributed by atoms with Crippen molar-refractivity contribution in [1.29, 1.82) is 0 Å². The molecule has 0 aliphatic heterocycles. The van der Waals surface area contributed by atoms with Gasteiger partial charge in [-0.1, -0.05) is 11.6 Å². The number of carbonyl (C=O) groups excluding carboxylic acids is 1. The quantitative estimate of drug-likeness (QED) is 0.478. The van der Waals surface area contributed by atoms with E-state index in [1.807, 2.05) is 0 Å². The van der Waals surface area contributed by atoms with Crippen LogP contribution in [0.15, 0.2) is 12.1 Å². The second-order valence-electron chi connectivity index (χ2n) is 3.25. The number of carbonyl (C=O) groups is 1. The number of hydrogen-bond donors (Lipinski definition) is 2. The molecule has 0 atom stereocenters. The number of rotatable bonds is 5. The van der Waals surface area contributed by atoms with Crippen LogP contribution in [0.3, 0.4) is 0 Å². The number of nitro groups is 1. The summed E-state index contributed by atoms with van der Waals surface area (Å²) < 4.78 is 4.47. The number of nitro benzene ring substituents is 1. The predicted molar refractivity (Wildman–Crippen MR) is 65.0 cm³/mol. The van der Waals surface area contributed by atoms with E-state index < -0.39 is 10.9 Å². The summed E-state index contributed by atoms with van der Waals surface area (Å²) in [5.41, 5.74) is -0.264. The minimum atomic E-state index is -0.753. The number of esters is 1. The zero-order valence-electron chi connectivity index (χ0n) is 9.47. The van der Waals surface area contributed by atoms with Crippen LogP contribution in [-0.2, 0) is 4.74 Å². The molecule has 0 amide bonds. The van der Waals surface area contributed by atoms with Gasteiger partial charge in [0.05, 0.1) is 29.2 Å². The summed E-state index contributed by atoms with van der Waals surface area (Å²) >= 11 is 5.83. The van der Waals surface area contributed by atoms with Crippen molar-refractivity contribution in [2.45, 2.75) is 0 Å². The van der Waals surface area contributed by atoms with Crippen LogP contribution in [-0.4, -0.2) is 36.3 Å². The van der Waals surface area contributed by atoms with Gasteiger partial charge in [-0.3, -0.25) is 10.1 Å². The van der Waals surface area contributed by atoms with Gasteiger partial charge in [0.1, 0.15) is 5.69 Å². The number of ether oxygens (including phenoxy) is 1. The van der Waals surface area contributed by atoms with E-state index in [0.717, 1.165) is 13.2 Å². The molecule has 98 valence electrons. The monoisotopic (exact) mass is 274 g/mol. The number of hydrogen-bond acceptors (Lipinski definition) is 6. The molecule has 0 saturated heterocycles. The lowest BCUT2D eigenvalue weighted by Gasteiger charge is -2.08. The Kier molecular flexibility index (Phi) is 4.87. The van der Waals surface area contributed by atoms with Gasteiger partial charge in [-0.05, 0) is 6.07 Å². The highest BCUT2D eigenvalue weighted by atomic mass is 35.5. The molecule has 1 aromatic carbocycles. The maximum atomic E-state index is 11.3. The molecule has 0 heterocycles. The van der Waals surface area contributed by atoms with Gasteiger partial charge in [-0.2, -0.15) is 0 Å². The van der Waals surface area contributed by atoms with Gasteiger partial charge >= 0.3 is 5.97 Å². The second kappa shape index (κ2) is 6.18. The molecule has 0 aliphatic rings. The molecule has 1 aromatic rings. The van der Waals surface area contributed by atoms with Crippen LogP contribution in [0.4, 0.5) is 11.4 Å². The molecule has 7 nitrogen and oxygen atoms in total. The minimum Gasteiger partial charge on any atom is -0.465 e. The highest BCUT2D eigenvalue weighted by Crippen LogP contribution is 2.31. The Balaban J connectivity index is 3.25. The van der Waals surface area contributed by atoms with Crippen LogP contribution < -0.4 is 5.32 Å². The summed E-state index contributed by atoms with van der Waals surface area (Å²) in [6.07, 6.45) is 0. The van der Waals surface area contributed by atoms with E-state index in [1.165, 1.54) is 6.07 Å². The Labute approximate surface area is 107 Å². The number of aliphatic hydroxyl groups excluding tert-OH is 1. The molecule has 8 heteroatoms. The van der Waals surface area contributed by atoms with Gasteiger partial charge in [0.15, 0.2) is 0 Å². The molecule has 0 unspecified atom stereocenters. The number of anilines is 1. The van der Waals surface area contributed by atoms with E-state index in [4.69, 9.17) is 16.7 Å². The molecule has 18 heavy (non-hydrogen) atoms. The van der Waals surface area contributed by atoms with Crippen molar-refractivity contribution < 1.29 is 19.6 Å². The van der Waals surface area contributed by atoms with Gasteiger partial charge < -0.3 is 15.2 Å². The average molecular weight is 275 g/mol. The zero-order valence-corrected chi connectivity index (χ0v) is 10.2. The Morgan fingerprint density at radius 3 is 2.78 bits per heavy atom. The molecule has 0 radical (unpaired) electrons. The lowest BCUT2D eigenvalue weighted by molar-refractivity contribution is -0.384. The topological polar surface area (TPSA) is 102 Å². The predicted octanol–water partition coefficient (Wildman–Crippen LogP) is 1.44. The highest BCUT2D eigenvalue weighted by molar-refractivity contribution is 6.34. The van der Waals surface area contributed by atoms with Gasteiger partial charge in [0.2, 0.25) is 0 Å². The largest absolute Gasteiger partial charge is 0.465 e. The third-order valence-corrected chi connectivity index (χ3v) is 2.43. The van der Waals surface area contributed by atoms with Crippen LogP contribution in [0.25, 0.3) is 0 Å². The van der Waals surface area contributed by atoms with Crippen LogP contribution in [0, 0.1) is 10.1 Å². The number of halogens is 1. The number of nitrogens with zero attached hydrogens (tertiary/aromatic N) is 1. The van der Waals surface area contributed by atoms with Gasteiger partial charge in [0, 0.05) is 12.6 Å². The molecular formula is C10H11ClN2O5. The minimum absolute atomic E-state index is 0.0351. The molecule has 0 aliphatic carbocycles. The Hall–Kier alpha value is -1.86. The maximum absolute atomic E-state index is 11.3. The molecule has 0 saturated carbocycles. The first-order valence-electron chi connectivity index (χ1n) is 4.92. The van der Waals surface area contributed by atoms with E-state index in [-0.39, 0.29) is 35.1 Å². The van der Waals surface area contributed by atoms with Crippen molar-refractivity contribution >= 4 is 28.9 Å². The van der Waals surface area contributed by atoms with Crippen molar-refractivity contribution in [1.82, 2.24) is 0 Å². The van der Waals surface area contributed by atoms with Crippen molar-refractivity contribution in [3.63, 3.8) is 0 Å². The summed E-state index contributed by atoms with van der Waals surface area (Å²) in [7, 11) is 1.16. The molecular weight excluding hydrogens is 264 g/mol. The van der Waals surface area contributed by atoms with E-state index in [9.17, 15) is 14.9 Å². The smallest absolute Gasteiger partial charge is 0.339 e. The fourth-order valence-electron chi connectivity index (χ4n) is 1.31. The van der Waals surface area contributed by atoms with Gasteiger partial charge in [-0.25, -0.2) is 4.79 Å². The zero-order chi connectivity index (χ0) is 13.7. The maximum Gasteiger partial charge on any atom is 0.339 e. The normalized spacial score (nSPS) is 9.94. The molecule has 0 fully saturated rings. The molecule has 1 rings (SSSR count). The summed E-state index contributed by atoms with van der Waals surface area (Å²) in [6, 6.07) is 2.29. The molecule has 0 spiro atoms. The van der Waals surface area contributed by atoms with Gasteiger partial charge in [-0.15, -0.1) is 0 Å². The van der Waals surface area contributed by atoms with Crippen molar-refractivity contribution in [3.8, 4) is 0 Å². The lowest BCUT2D eigenvalue weighted by atomic mass is 10.1. The number of benzene rings is 1. The SMILES string of the molecule is COC(=O)c1cc([N+](=O)[O-])c(NCCO)cc1Cl. The molecule has 2 N–H and O–H groups in total. The van der Waals surface area contributed by atoms with Crippen molar-refractivity contribution in [2.75, 3.05) is 25.6 Å². The summed E-state index contributed by atoms with van der Waals surface area (Å²) in [5.74, 6) is -0.753.